The van der Waals surface area contributed by atoms with Crippen LogP contribution >= 0.6 is 0 Å². The van der Waals surface area contributed by atoms with Crippen molar-refractivity contribution in [2.75, 3.05) is 6.61 Å². The minimum Gasteiger partial charge on any atom is -0.494 e. The molecule has 0 saturated heterocycles. The van der Waals surface area contributed by atoms with Crippen molar-refractivity contribution in [3.8, 4) is 17.0 Å². The second-order valence-corrected chi connectivity index (χ2v) is 5.20. The summed E-state index contributed by atoms with van der Waals surface area (Å²) in [7, 11) is 0. The van der Waals surface area contributed by atoms with Crippen LogP contribution in [0, 0.1) is 0 Å². The summed E-state index contributed by atoms with van der Waals surface area (Å²) >= 11 is 0. The third kappa shape index (κ3) is 4.47. The van der Waals surface area contributed by atoms with Crippen molar-refractivity contribution >= 4 is 12.1 Å². The minimum atomic E-state index is -0.447. The van der Waals surface area contributed by atoms with Gasteiger partial charge in [-0.15, -0.1) is 0 Å². The monoisotopic (exact) mass is 347 g/mol. The average Bonchev–Trinajstić information content (AvgIpc) is 2.70. The van der Waals surface area contributed by atoms with Gasteiger partial charge in [-0.1, -0.05) is 6.07 Å². The van der Waals surface area contributed by atoms with E-state index in [1.165, 1.54) is 12.4 Å². The summed E-state index contributed by atoms with van der Waals surface area (Å²) in [5.74, 6) is 0.333. The molecule has 0 aliphatic heterocycles. The zero-order valence-corrected chi connectivity index (χ0v) is 14.2. The largest absolute Gasteiger partial charge is 0.494 e. The number of carbonyl (C=O) groups excluding carboxylic acids is 1. The summed E-state index contributed by atoms with van der Waals surface area (Å²) in [5.41, 5.74) is 4.67. The van der Waals surface area contributed by atoms with Crippen molar-refractivity contribution in [1.82, 2.24) is 20.4 Å². The average molecular weight is 347 g/mol. The summed E-state index contributed by atoms with van der Waals surface area (Å²) in [6.45, 7) is 2.53. The number of hydrazone groups is 1. The number of amides is 1. The summed E-state index contributed by atoms with van der Waals surface area (Å²) in [4.78, 5) is 24.7. The molecule has 26 heavy (non-hydrogen) atoms. The fraction of sp³-hybridized carbons (Fsp3) is 0.105. The van der Waals surface area contributed by atoms with E-state index >= 15 is 0 Å². The molecule has 1 N–H and O–H groups in total. The molecule has 1 aromatic carbocycles. The molecule has 2 heterocycles. The maximum atomic E-state index is 12.2. The Morgan fingerprint density at radius 2 is 2.04 bits per heavy atom. The first kappa shape index (κ1) is 17.2. The number of rotatable bonds is 6. The summed E-state index contributed by atoms with van der Waals surface area (Å²) in [5, 5.41) is 3.88. The van der Waals surface area contributed by atoms with Crippen LogP contribution in [0.2, 0.25) is 0 Å². The molecule has 3 aromatic rings. The van der Waals surface area contributed by atoms with Crippen LogP contribution in [0.25, 0.3) is 11.3 Å². The van der Waals surface area contributed by atoms with Gasteiger partial charge < -0.3 is 4.74 Å². The standard InChI is InChI=1S/C19H17N5O2/c1-2-26-16-8-6-14(7-9-16)17-12-20-13-18(23-17)19(25)24-22-11-15-5-3-4-10-21-15/h3-13H,2H2,1H3,(H,24,25)/b22-11+. The lowest BCUT2D eigenvalue weighted by molar-refractivity contribution is 0.0950. The number of aromatic nitrogens is 3. The Kier molecular flexibility index (Phi) is 5.61. The minimum absolute atomic E-state index is 0.176. The molecule has 7 nitrogen and oxygen atoms in total. The molecule has 130 valence electrons. The van der Waals surface area contributed by atoms with Crippen LogP contribution in [0.4, 0.5) is 0 Å². The predicted molar refractivity (Wildman–Crippen MR) is 97.9 cm³/mol. The molecule has 0 radical (unpaired) electrons. The summed E-state index contributed by atoms with van der Waals surface area (Å²) < 4.78 is 5.42. The lowest BCUT2D eigenvalue weighted by Gasteiger charge is -2.05. The lowest BCUT2D eigenvalue weighted by Crippen LogP contribution is -2.19. The van der Waals surface area contributed by atoms with Crippen molar-refractivity contribution in [2.45, 2.75) is 6.92 Å². The van der Waals surface area contributed by atoms with E-state index in [-0.39, 0.29) is 5.69 Å². The fourth-order valence-corrected chi connectivity index (χ4v) is 2.17. The van der Waals surface area contributed by atoms with Gasteiger partial charge in [0.2, 0.25) is 0 Å². The van der Waals surface area contributed by atoms with Gasteiger partial charge in [-0.3, -0.25) is 14.8 Å². The van der Waals surface area contributed by atoms with E-state index in [4.69, 9.17) is 4.74 Å². The van der Waals surface area contributed by atoms with Crippen LogP contribution in [-0.4, -0.2) is 33.7 Å². The first-order chi connectivity index (χ1) is 12.8. The predicted octanol–water partition coefficient (Wildman–Crippen LogP) is 2.70. The van der Waals surface area contributed by atoms with Crippen LogP contribution < -0.4 is 10.2 Å². The first-order valence-corrected chi connectivity index (χ1v) is 8.06. The molecule has 0 bridgehead atoms. The Hall–Kier alpha value is -3.61. The van der Waals surface area contributed by atoms with Crippen LogP contribution in [0.15, 0.2) is 66.2 Å². The molecule has 7 heteroatoms. The van der Waals surface area contributed by atoms with Gasteiger partial charge in [-0.2, -0.15) is 5.10 Å². The molecule has 0 fully saturated rings. The molecule has 1 amide bonds. The van der Waals surface area contributed by atoms with E-state index in [2.05, 4.69) is 25.5 Å². The van der Waals surface area contributed by atoms with Gasteiger partial charge >= 0.3 is 0 Å². The van der Waals surface area contributed by atoms with E-state index in [0.29, 0.717) is 18.0 Å². The Morgan fingerprint density at radius 3 is 2.77 bits per heavy atom. The van der Waals surface area contributed by atoms with Crippen LogP contribution in [-0.2, 0) is 0 Å². The number of pyridine rings is 1. The Balaban J connectivity index is 1.70. The van der Waals surface area contributed by atoms with Crippen molar-refractivity contribution in [2.24, 2.45) is 5.10 Å². The van der Waals surface area contributed by atoms with Crippen molar-refractivity contribution in [3.05, 3.63) is 72.4 Å². The number of ether oxygens (including phenoxy) is 1. The van der Waals surface area contributed by atoms with Gasteiger partial charge in [-0.05, 0) is 43.3 Å². The zero-order valence-electron chi connectivity index (χ0n) is 14.2. The van der Waals surface area contributed by atoms with Gasteiger partial charge in [-0.25, -0.2) is 10.4 Å². The Morgan fingerprint density at radius 1 is 1.19 bits per heavy atom. The van der Waals surface area contributed by atoms with Crippen LogP contribution in [0.1, 0.15) is 23.1 Å². The molecule has 0 unspecified atom stereocenters. The molecular weight excluding hydrogens is 330 g/mol. The Labute approximate surface area is 150 Å². The first-order valence-electron chi connectivity index (χ1n) is 8.06. The maximum Gasteiger partial charge on any atom is 0.291 e. The SMILES string of the molecule is CCOc1ccc(-c2cncc(C(=O)N/N=C/c3ccccn3)n2)cc1. The van der Waals surface area contributed by atoms with Gasteiger partial charge in [0.25, 0.3) is 5.91 Å². The molecule has 0 saturated carbocycles. The van der Waals surface area contributed by atoms with Crippen molar-refractivity contribution in [1.29, 1.82) is 0 Å². The normalized spacial score (nSPS) is 10.7. The third-order valence-electron chi connectivity index (χ3n) is 3.38. The molecule has 3 rings (SSSR count). The third-order valence-corrected chi connectivity index (χ3v) is 3.38. The molecule has 0 spiro atoms. The number of hydrogen-bond acceptors (Lipinski definition) is 6. The number of nitrogens with one attached hydrogen (secondary N) is 1. The highest BCUT2D eigenvalue weighted by molar-refractivity contribution is 5.93. The summed E-state index contributed by atoms with van der Waals surface area (Å²) in [6, 6.07) is 12.9. The fourth-order valence-electron chi connectivity index (χ4n) is 2.17. The quantitative estimate of drug-likeness (QED) is 0.547. The highest BCUT2D eigenvalue weighted by atomic mass is 16.5. The number of carbonyl (C=O) groups is 1. The van der Waals surface area contributed by atoms with Gasteiger partial charge in [0.15, 0.2) is 0 Å². The van der Waals surface area contributed by atoms with Gasteiger partial charge in [0.1, 0.15) is 11.4 Å². The Bertz CT molecular complexity index is 895. The molecule has 0 aliphatic rings. The molecular formula is C19H17N5O2. The van der Waals surface area contributed by atoms with Gasteiger partial charge in [0.05, 0.1) is 36.6 Å². The number of nitrogens with zero attached hydrogens (tertiary/aromatic N) is 4. The number of hydrogen-bond donors (Lipinski definition) is 1. The van der Waals surface area contributed by atoms with E-state index in [1.54, 1.807) is 24.5 Å². The highest BCUT2D eigenvalue weighted by Crippen LogP contribution is 2.20. The van der Waals surface area contributed by atoms with E-state index in [9.17, 15) is 4.79 Å². The van der Waals surface area contributed by atoms with E-state index in [0.717, 1.165) is 11.3 Å². The second-order valence-electron chi connectivity index (χ2n) is 5.20. The highest BCUT2D eigenvalue weighted by Gasteiger charge is 2.09. The number of benzene rings is 1. The molecule has 2 aromatic heterocycles. The van der Waals surface area contributed by atoms with Crippen LogP contribution in [0.5, 0.6) is 5.75 Å². The maximum absolute atomic E-state index is 12.2. The smallest absolute Gasteiger partial charge is 0.291 e. The van der Waals surface area contributed by atoms with Crippen molar-refractivity contribution < 1.29 is 9.53 Å². The summed E-state index contributed by atoms with van der Waals surface area (Å²) in [6.07, 6.45) is 6.10. The zero-order chi connectivity index (χ0) is 18.2. The second kappa shape index (κ2) is 8.48. The molecule has 0 atom stereocenters. The lowest BCUT2D eigenvalue weighted by atomic mass is 10.1. The van der Waals surface area contributed by atoms with Crippen molar-refractivity contribution in [3.63, 3.8) is 0 Å². The van der Waals surface area contributed by atoms with Gasteiger partial charge in [0, 0.05) is 11.8 Å². The van der Waals surface area contributed by atoms with E-state index < -0.39 is 5.91 Å². The molecule has 0 aliphatic carbocycles. The van der Waals surface area contributed by atoms with E-state index in [1.807, 2.05) is 37.3 Å². The van der Waals surface area contributed by atoms with Crippen LogP contribution in [0.3, 0.4) is 0 Å². The topological polar surface area (TPSA) is 89.4 Å².